The number of para-hydroxylation sites is 1. The highest BCUT2D eigenvalue weighted by Gasteiger charge is 2.44. The molecule has 2 saturated heterocycles. The number of hydrogen-bond donors (Lipinski definition) is 0. The molecule has 0 unspecified atom stereocenters. The Morgan fingerprint density at radius 1 is 1.00 bits per heavy atom. The first-order valence-corrected chi connectivity index (χ1v) is 8.99. The van der Waals surface area contributed by atoms with E-state index in [1.807, 2.05) is 0 Å². The molecule has 0 N–H and O–H groups in total. The van der Waals surface area contributed by atoms with Crippen molar-refractivity contribution in [3.8, 4) is 0 Å². The smallest absolute Gasteiger partial charge is 0.0515 e. The normalized spacial score (nSPS) is 23.0. The van der Waals surface area contributed by atoms with E-state index in [9.17, 15) is 0 Å². The summed E-state index contributed by atoms with van der Waals surface area (Å²) in [6.45, 7) is 10.7. The molecule has 116 valence electrons. The third-order valence-corrected chi connectivity index (χ3v) is 6.05. The summed E-state index contributed by atoms with van der Waals surface area (Å²) < 4.78 is 1.24. The van der Waals surface area contributed by atoms with Gasteiger partial charge >= 0.3 is 0 Å². The second kappa shape index (κ2) is 5.58. The molecule has 2 fully saturated rings. The molecule has 2 heterocycles. The van der Waals surface area contributed by atoms with Crippen LogP contribution < -0.4 is 4.90 Å². The van der Waals surface area contributed by atoms with E-state index in [4.69, 9.17) is 0 Å². The van der Waals surface area contributed by atoms with Gasteiger partial charge < -0.3 is 4.90 Å². The van der Waals surface area contributed by atoms with Gasteiger partial charge in [-0.05, 0) is 74.5 Å². The summed E-state index contributed by atoms with van der Waals surface area (Å²) in [5, 5.41) is 0. The molecule has 0 atom stereocenters. The topological polar surface area (TPSA) is 6.48 Å². The van der Waals surface area contributed by atoms with Gasteiger partial charge in [-0.1, -0.05) is 12.1 Å². The van der Waals surface area contributed by atoms with Gasteiger partial charge in [-0.15, -0.1) is 0 Å². The lowest BCUT2D eigenvalue weighted by Crippen LogP contribution is -2.56. The lowest BCUT2D eigenvalue weighted by molar-refractivity contribution is 0.0775. The number of benzene rings is 1. The molecule has 3 heteroatoms. The number of nitrogens with zero attached hydrogens (tertiary/aromatic N) is 2. The van der Waals surface area contributed by atoms with E-state index >= 15 is 0 Å². The fraction of sp³-hybridized carbons (Fsp3) is 0.667. The highest BCUT2D eigenvalue weighted by molar-refractivity contribution is 9.10. The average Bonchev–Trinajstić information content (AvgIpc) is 2.82. The van der Waals surface area contributed by atoms with E-state index in [0.717, 1.165) is 0 Å². The lowest BCUT2D eigenvalue weighted by Gasteiger charge is -2.49. The van der Waals surface area contributed by atoms with Crippen LogP contribution in [0.5, 0.6) is 0 Å². The van der Waals surface area contributed by atoms with E-state index in [-0.39, 0.29) is 0 Å². The van der Waals surface area contributed by atoms with Crippen LogP contribution in [0.1, 0.15) is 46.5 Å². The number of halogens is 1. The van der Waals surface area contributed by atoms with Gasteiger partial charge in [0.2, 0.25) is 0 Å². The zero-order valence-electron chi connectivity index (χ0n) is 13.5. The summed E-state index contributed by atoms with van der Waals surface area (Å²) in [6, 6.07) is 8.72. The summed E-state index contributed by atoms with van der Waals surface area (Å²) >= 11 is 3.75. The number of likely N-dealkylation sites (tertiary alicyclic amines) is 1. The van der Waals surface area contributed by atoms with Gasteiger partial charge in [-0.3, -0.25) is 4.90 Å². The molecular weight excluding hydrogens is 324 g/mol. The molecule has 0 aliphatic carbocycles. The van der Waals surface area contributed by atoms with Gasteiger partial charge in [0, 0.05) is 35.2 Å². The van der Waals surface area contributed by atoms with Gasteiger partial charge in [-0.25, -0.2) is 0 Å². The van der Waals surface area contributed by atoms with Gasteiger partial charge in [0.1, 0.15) is 0 Å². The summed E-state index contributed by atoms with van der Waals surface area (Å²) in [5.41, 5.74) is 2.09. The average molecular weight is 351 g/mol. The van der Waals surface area contributed by atoms with Crippen molar-refractivity contribution in [2.24, 2.45) is 0 Å². The van der Waals surface area contributed by atoms with Gasteiger partial charge in [-0.2, -0.15) is 0 Å². The minimum atomic E-state index is 0.304. The van der Waals surface area contributed by atoms with E-state index in [1.165, 1.54) is 55.5 Å². The molecule has 1 spiro atoms. The third-order valence-electron chi connectivity index (χ3n) is 5.38. The van der Waals surface area contributed by atoms with Crippen molar-refractivity contribution in [3.63, 3.8) is 0 Å². The Balaban J connectivity index is 1.81. The monoisotopic (exact) mass is 350 g/mol. The predicted molar refractivity (Wildman–Crippen MR) is 94.0 cm³/mol. The molecule has 0 bridgehead atoms. The van der Waals surface area contributed by atoms with E-state index < -0.39 is 0 Å². The van der Waals surface area contributed by atoms with Crippen LogP contribution in [0.3, 0.4) is 0 Å². The molecule has 3 rings (SSSR count). The van der Waals surface area contributed by atoms with Crippen LogP contribution in [-0.2, 0) is 0 Å². The Labute approximate surface area is 137 Å². The standard InChI is InChI=1S/C18H27BrN2/c1-17(2,3)20-13-10-18(11-14-20)9-6-12-21(18)16-8-5-4-7-15(16)19/h4-5,7-8H,6,9-14H2,1-3H3. The molecule has 2 nitrogen and oxygen atoms in total. The lowest BCUT2D eigenvalue weighted by atomic mass is 9.83. The molecule has 21 heavy (non-hydrogen) atoms. The quantitative estimate of drug-likeness (QED) is 0.725. The predicted octanol–water partition coefficient (Wildman–Crippen LogP) is 4.68. The molecule has 0 amide bonds. The van der Waals surface area contributed by atoms with Crippen molar-refractivity contribution in [2.45, 2.75) is 57.5 Å². The Morgan fingerprint density at radius 3 is 2.29 bits per heavy atom. The van der Waals surface area contributed by atoms with Gasteiger partial charge in [0.05, 0.1) is 5.69 Å². The fourth-order valence-corrected chi connectivity index (χ4v) is 4.60. The molecule has 0 saturated carbocycles. The maximum Gasteiger partial charge on any atom is 0.0515 e. The van der Waals surface area contributed by atoms with Crippen LogP contribution >= 0.6 is 15.9 Å². The van der Waals surface area contributed by atoms with Crippen molar-refractivity contribution < 1.29 is 0 Å². The zero-order valence-corrected chi connectivity index (χ0v) is 15.1. The third kappa shape index (κ3) is 2.87. The SMILES string of the molecule is CC(C)(C)N1CCC2(CCCN2c2ccccc2Br)CC1. The minimum Gasteiger partial charge on any atom is -0.365 e. The second-order valence-corrected chi connectivity index (χ2v) is 8.44. The first kappa shape index (κ1) is 15.4. The maximum absolute atomic E-state index is 3.75. The van der Waals surface area contributed by atoms with E-state index in [0.29, 0.717) is 11.1 Å². The van der Waals surface area contributed by atoms with E-state index in [2.05, 4.69) is 70.8 Å². The van der Waals surface area contributed by atoms with Crippen LogP contribution in [0.4, 0.5) is 5.69 Å². The van der Waals surface area contributed by atoms with Crippen molar-refractivity contribution >= 4 is 21.6 Å². The fourth-order valence-electron chi connectivity index (χ4n) is 4.10. The van der Waals surface area contributed by atoms with E-state index in [1.54, 1.807) is 0 Å². The summed E-state index contributed by atoms with van der Waals surface area (Å²) in [7, 11) is 0. The second-order valence-electron chi connectivity index (χ2n) is 7.59. The molecule has 2 aliphatic heterocycles. The Kier molecular flexibility index (Phi) is 4.08. The van der Waals surface area contributed by atoms with Crippen molar-refractivity contribution in [1.82, 2.24) is 4.90 Å². The largest absolute Gasteiger partial charge is 0.365 e. The molecule has 1 aromatic rings. The Morgan fingerprint density at radius 2 is 1.67 bits per heavy atom. The first-order valence-electron chi connectivity index (χ1n) is 8.20. The Bertz CT molecular complexity index is 498. The molecule has 1 aromatic carbocycles. The molecular formula is C18H27BrN2. The summed E-state index contributed by atoms with van der Waals surface area (Å²) in [5.74, 6) is 0. The zero-order chi connectivity index (χ0) is 15.1. The van der Waals surface area contributed by atoms with Crippen LogP contribution in [0.25, 0.3) is 0 Å². The number of hydrogen-bond acceptors (Lipinski definition) is 2. The van der Waals surface area contributed by atoms with Crippen molar-refractivity contribution in [3.05, 3.63) is 28.7 Å². The van der Waals surface area contributed by atoms with Crippen LogP contribution in [0.2, 0.25) is 0 Å². The summed E-state index contributed by atoms with van der Waals surface area (Å²) in [6.07, 6.45) is 5.28. The number of rotatable bonds is 1. The van der Waals surface area contributed by atoms with Gasteiger partial charge in [0.15, 0.2) is 0 Å². The summed E-state index contributed by atoms with van der Waals surface area (Å²) in [4.78, 5) is 5.34. The molecule has 0 aromatic heterocycles. The minimum absolute atomic E-state index is 0.304. The first-order chi connectivity index (χ1) is 9.92. The highest BCUT2D eigenvalue weighted by atomic mass is 79.9. The number of anilines is 1. The van der Waals surface area contributed by atoms with Crippen LogP contribution in [-0.4, -0.2) is 35.6 Å². The number of piperidine rings is 1. The molecule has 2 aliphatic rings. The van der Waals surface area contributed by atoms with Crippen LogP contribution in [0, 0.1) is 0 Å². The van der Waals surface area contributed by atoms with Gasteiger partial charge in [0.25, 0.3) is 0 Å². The maximum atomic E-state index is 3.75. The highest BCUT2D eigenvalue weighted by Crippen LogP contribution is 2.44. The molecule has 0 radical (unpaired) electrons. The Hall–Kier alpha value is -0.540. The van der Waals surface area contributed by atoms with Crippen molar-refractivity contribution in [1.29, 1.82) is 0 Å². The van der Waals surface area contributed by atoms with Crippen molar-refractivity contribution in [2.75, 3.05) is 24.5 Å². The van der Waals surface area contributed by atoms with Crippen LogP contribution in [0.15, 0.2) is 28.7 Å².